The number of furan rings is 1. The van der Waals surface area contributed by atoms with Crippen molar-refractivity contribution in [3.8, 4) is 0 Å². The molecule has 0 aliphatic carbocycles. The molecule has 1 aromatic carbocycles. The van der Waals surface area contributed by atoms with Crippen LogP contribution in [-0.2, 0) is 6.54 Å². The van der Waals surface area contributed by atoms with Crippen LogP contribution >= 0.6 is 22.9 Å². The Hall–Kier alpha value is -2.63. The Morgan fingerprint density at radius 2 is 1.96 bits per heavy atom. The molecule has 6 heteroatoms. The molecule has 1 amide bonds. The first-order valence-electron chi connectivity index (χ1n) is 7.66. The number of hydrogen-bond donors (Lipinski definition) is 0. The molecule has 0 atom stereocenters. The minimum absolute atomic E-state index is 0.193. The van der Waals surface area contributed by atoms with E-state index in [0.717, 1.165) is 10.1 Å². The Morgan fingerprint density at radius 1 is 1.12 bits per heavy atom. The lowest BCUT2D eigenvalue weighted by atomic mass is 10.2. The molecule has 4 nitrogen and oxygen atoms in total. The first-order chi connectivity index (χ1) is 12.2. The molecule has 0 spiro atoms. The fourth-order valence-electron chi connectivity index (χ4n) is 2.60. The molecule has 25 heavy (non-hydrogen) atoms. The van der Waals surface area contributed by atoms with Gasteiger partial charge in [0.15, 0.2) is 0 Å². The van der Waals surface area contributed by atoms with E-state index in [1.807, 2.05) is 42.5 Å². The second-order valence-electron chi connectivity index (χ2n) is 5.40. The van der Waals surface area contributed by atoms with E-state index in [1.54, 1.807) is 29.5 Å². The lowest BCUT2D eigenvalue weighted by Gasteiger charge is -2.20. The molecule has 0 aliphatic rings. The lowest BCUT2D eigenvalue weighted by Crippen LogP contribution is -2.30. The highest BCUT2D eigenvalue weighted by Crippen LogP contribution is 2.36. The normalized spacial score (nSPS) is 10.9. The Morgan fingerprint density at radius 3 is 2.68 bits per heavy atom. The Labute approximate surface area is 153 Å². The van der Waals surface area contributed by atoms with Gasteiger partial charge in [-0.15, -0.1) is 11.3 Å². The number of halogens is 1. The lowest BCUT2D eigenvalue weighted by molar-refractivity contribution is 0.0986. The van der Waals surface area contributed by atoms with Gasteiger partial charge in [0.2, 0.25) is 0 Å². The third-order valence-corrected chi connectivity index (χ3v) is 5.46. The van der Waals surface area contributed by atoms with E-state index in [2.05, 4.69) is 4.98 Å². The van der Waals surface area contributed by atoms with Gasteiger partial charge in [-0.3, -0.25) is 9.69 Å². The minimum atomic E-state index is -0.193. The molecule has 3 heterocycles. The summed E-state index contributed by atoms with van der Waals surface area (Å²) >= 11 is 7.87. The molecule has 0 bridgehead atoms. The summed E-state index contributed by atoms with van der Waals surface area (Å²) in [6.45, 7) is 0.285. The van der Waals surface area contributed by atoms with Crippen LogP contribution in [0.3, 0.4) is 0 Å². The summed E-state index contributed by atoms with van der Waals surface area (Å²) in [5.41, 5.74) is 0. The van der Waals surface area contributed by atoms with E-state index < -0.39 is 0 Å². The third kappa shape index (κ3) is 3.04. The van der Waals surface area contributed by atoms with Crippen molar-refractivity contribution in [1.82, 2.24) is 4.98 Å². The zero-order chi connectivity index (χ0) is 17.2. The molecule has 0 N–H and O–H groups in total. The topological polar surface area (TPSA) is 46.3 Å². The molecule has 0 saturated carbocycles. The van der Waals surface area contributed by atoms with Crippen molar-refractivity contribution < 1.29 is 9.21 Å². The summed E-state index contributed by atoms with van der Waals surface area (Å²) < 4.78 is 6.39. The van der Waals surface area contributed by atoms with Crippen molar-refractivity contribution in [3.63, 3.8) is 0 Å². The van der Waals surface area contributed by atoms with Gasteiger partial charge in [-0.05, 0) is 30.3 Å². The number of rotatable bonds is 4. The maximum atomic E-state index is 13.2. The molecule has 4 aromatic rings. The van der Waals surface area contributed by atoms with Crippen LogP contribution in [0.4, 0.5) is 5.82 Å². The molecule has 0 saturated heterocycles. The molecular formula is C19H13ClN2O2S. The number of thiophene rings is 1. The Bertz CT molecular complexity index is 1010. The van der Waals surface area contributed by atoms with Gasteiger partial charge >= 0.3 is 0 Å². The standard InChI is InChI=1S/C19H13ClN2O2S/c20-17-14-7-1-2-8-15(14)25-18(17)19(23)22(12-13-6-5-11-24-13)16-9-3-4-10-21-16/h1-11H,12H2. The van der Waals surface area contributed by atoms with Gasteiger partial charge in [0, 0.05) is 16.3 Å². The summed E-state index contributed by atoms with van der Waals surface area (Å²) in [7, 11) is 0. The number of hydrogen-bond acceptors (Lipinski definition) is 4. The van der Waals surface area contributed by atoms with Crippen molar-refractivity contribution in [2.24, 2.45) is 0 Å². The summed E-state index contributed by atoms with van der Waals surface area (Å²) in [4.78, 5) is 19.6. The first-order valence-corrected chi connectivity index (χ1v) is 8.86. The minimum Gasteiger partial charge on any atom is -0.467 e. The summed E-state index contributed by atoms with van der Waals surface area (Å²) in [5, 5.41) is 1.36. The van der Waals surface area contributed by atoms with E-state index in [1.165, 1.54) is 11.3 Å². The summed E-state index contributed by atoms with van der Waals surface area (Å²) in [6, 6.07) is 16.8. The van der Waals surface area contributed by atoms with Crippen LogP contribution in [0.1, 0.15) is 15.4 Å². The summed E-state index contributed by atoms with van der Waals surface area (Å²) in [5.74, 6) is 1.04. The van der Waals surface area contributed by atoms with Gasteiger partial charge in [-0.1, -0.05) is 35.9 Å². The fraction of sp³-hybridized carbons (Fsp3) is 0.0526. The molecule has 0 aliphatic heterocycles. The number of amides is 1. The van der Waals surface area contributed by atoms with E-state index in [9.17, 15) is 4.79 Å². The molecule has 4 rings (SSSR count). The number of aromatic nitrogens is 1. The highest BCUT2D eigenvalue weighted by Gasteiger charge is 2.25. The average molecular weight is 369 g/mol. The number of carbonyl (C=O) groups excluding carboxylic acids is 1. The number of carbonyl (C=O) groups is 1. The molecular weight excluding hydrogens is 356 g/mol. The smallest absolute Gasteiger partial charge is 0.271 e. The predicted octanol–water partition coefficient (Wildman–Crippen LogP) is 5.39. The highest BCUT2D eigenvalue weighted by molar-refractivity contribution is 7.21. The maximum Gasteiger partial charge on any atom is 0.271 e. The van der Waals surface area contributed by atoms with Crippen LogP contribution in [0.15, 0.2) is 71.5 Å². The second kappa shape index (κ2) is 6.70. The SMILES string of the molecule is O=C(c1sc2ccccc2c1Cl)N(Cc1ccco1)c1ccccn1. The van der Waals surface area contributed by atoms with E-state index >= 15 is 0 Å². The highest BCUT2D eigenvalue weighted by atomic mass is 35.5. The maximum absolute atomic E-state index is 13.2. The molecule has 3 aromatic heterocycles. The van der Waals surface area contributed by atoms with Crippen LogP contribution in [0.2, 0.25) is 5.02 Å². The van der Waals surface area contributed by atoms with Gasteiger partial charge < -0.3 is 4.42 Å². The van der Waals surface area contributed by atoms with Crippen LogP contribution < -0.4 is 4.90 Å². The first kappa shape index (κ1) is 15.9. The van der Waals surface area contributed by atoms with Crippen LogP contribution in [0.5, 0.6) is 0 Å². The number of nitrogens with zero attached hydrogens (tertiary/aromatic N) is 2. The number of fused-ring (bicyclic) bond motifs is 1. The monoisotopic (exact) mass is 368 g/mol. The quantitative estimate of drug-likeness (QED) is 0.485. The number of anilines is 1. The fourth-order valence-corrected chi connectivity index (χ4v) is 4.06. The van der Waals surface area contributed by atoms with Crippen molar-refractivity contribution >= 4 is 44.7 Å². The van der Waals surface area contributed by atoms with Crippen molar-refractivity contribution in [1.29, 1.82) is 0 Å². The largest absolute Gasteiger partial charge is 0.467 e. The van der Waals surface area contributed by atoms with Gasteiger partial charge in [-0.25, -0.2) is 4.98 Å². The van der Waals surface area contributed by atoms with Crippen LogP contribution in [0, 0.1) is 0 Å². The van der Waals surface area contributed by atoms with Crippen LogP contribution in [-0.4, -0.2) is 10.9 Å². The number of pyridine rings is 1. The Balaban J connectivity index is 1.77. The van der Waals surface area contributed by atoms with Gasteiger partial charge in [0.25, 0.3) is 5.91 Å². The average Bonchev–Trinajstić information content (AvgIpc) is 3.28. The van der Waals surface area contributed by atoms with Crippen molar-refractivity contribution in [3.05, 3.63) is 82.7 Å². The van der Waals surface area contributed by atoms with Crippen molar-refractivity contribution in [2.75, 3.05) is 4.90 Å². The zero-order valence-electron chi connectivity index (χ0n) is 13.1. The van der Waals surface area contributed by atoms with E-state index in [-0.39, 0.29) is 12.5 Å². The van der Waals surface area contributed by atoms with Crippen LogP contribution in [0.25, 0.3) is 10.1 Å². The van der Waals surface area contributed by atoms with Gasteiger partial charge in [0.1, 0.15) is 16.5 Å². The Kier molecular flexibility index (Phi) is 4.26. The molecule has 0 fully saturated rings. The molecule has 124 valence electrons. The summed E-state index contributed by atoms with van der Waals surface area (Å²) in [6.07, 6.45) is 3.24. The molecule has 0 radical (unpaired) electrons. The van der Waals surface area contributed by atoms with Gasteiger partial charge in [0.05, 0.1) is 17.8 Å². The number of benzene rings is 1. The molecule has 0 unspecified atom stereocenters. The van der Waals surface area contributed by atoms with E-state index in [4.69, 9.17) is 16.0 Å². The predicted molar refractivity (Wildman–Crippen MR) is 100 cm³/mol. The van der Waals surface area contributed by atoms with E-state index in [0.29, 0.717) is 21.5 Å². The second-order valence-corrected chi connectivity index (χ2v) is 6.83. The van der Waals surface area contributed by atoms with Gasteiger partial charge in [-0.2, -0.15) is 0 Å². The third-order valence-electron chi connectivity index (χ3n) is 3.79. The van der Waals surface area contributed by atoms with Crippen molar-refractivity contribution in [2.45, 2.75) is 6.54 Å². The zero-order valence-corrected chi connectivity index (χ0v) is 14.6.